The zero-order valence-electron chi connectivity index (χ0n) is 8.32. The first kappa shape index (κ1) is 10.1. The number of nitrogens with one attached hydrogen (secondary N) is 1. The maximum atomic E-state index is 5.02. The number of aromatic nitrogens is 3. The number of rotatable bonds is 5. The summed E-state index contributed by atoms with van der Waals surface area (Å²) in [5.74, 6) is 0. The lowest BCUT2D eigenvalue weighted by Gasteiger charge is -2.14. The molecule has 1 heterocycles. The second-order valence-electron chi connectivity index (χ2n) is 2.91. The molecular weight excluding hydrogens is 168 g/mol. The van der Waals surface area contributed by atoms with Crippen LogP contribution in [0.1, 0.15) is 18.2 Å². The number of aryl methyl sites for hydroxylation is 1. The van der Waals surface area contributed by atoms with Crippen LogP contribution in [0.5, 0.6) is 0 Å². The molecule has 1 N–H and O–H groups in total. The van der Waals surface area contributed by atoms with Crippen LogP contribution < -0.4 is 5.32 Å². The highest BCUT2D eigenvalue weighted by Crippen LogP contribution is 2.13. The van der Waals surface area contributed by atoms with E-state index < -0.39 is 0 Å². The molecule has 74 valence electrons. The number of hydrogen-bond acceptors (Lipinski definition) is 4. The highest BCUT2D eigenvalue weighted by Gasteiger charge is 2.12. The van der Waals surface area contributed by atoms with Crippen LogP contribution in [0.3, 0.4) is 0 Å². The Morgan fingerprint density at radius 3 is 2.92 bits per heavy atom. The topological polar surface area (TPSA) is 52.0 Å². The molecule has 0 saturated carbocycles. The van der Waals surface area contributed by atoms with Gasteiger partial charge in [-0.2, -0.15) is 0 Å². The molecule has 13 heavy (non-hydrogen) atoms. The highest BCUT2D eigenvalue weighted by atomic mass is 16.5. The van der Waals surface area contributed by atoms with E-state index >= 15 is 0 Å². The molecule has 0 fully saturated rings. The first-order valence-electron chi connectivity index (χ1n) is 4.30. The Bertz CT molecular complexity index is 248. The second-order valence-corrected chi connectivity index (χ2v) is 2.91. The normalized spacial score (nSPS) is 13.2. The monoisotopic (exact) mass is 184 g/mol. The number of nitrogens with zero attached hydrogens (tertiary/aromatic N) is 3. The van der Waals surface area contributed by atoms with E-state index in [0.29, 0.717) is 0 Å². The molecule has 0 saturated heterocycles. The predicted octanol–water partition coefficient (Wildman–Crippen LogP) is 0.112. The quantitative estimate of drug-likeness (QED) is 0.705. The summed E-state index contributed by atoms with van der Waals surface area (Å²) in [5, 5.41) is 10.9. The summed E-state index contributed by atoms with van der Waals surface area (Å²) in [7, 11) is 5.51. The Hall–Kier alpha value is -0.940. The van der Waals surface area contributed by atoms with Crippen LogP contribution in [0.15, 0.2) is 6.20 Å². The molecule has 0 amide bonds. The van der Waals surface area contributed by atoms with E-state index in [9.17, 15) is 0 Å². The van der Waals surface area contributed by atoms with Gasteiger partial charge in [0, 0.05) is 20.8 Å². The molecule has 1 unspecified atom stereocenters. The lowest BCUT2D eigenvalue weighted by Crippen LogP contribution is -2.20. The van der Waals surface area contributed by atoms with Crippen molar-refractivity contribution in [3.05, 3.63) is 11.9 Å². The summed E-state index contributed by atoms with van der Waals surface area (Å²) in [5.41, 5.74) is 1.08. The first-order valence-corrected chi connectivity index (χ1v) is 4.30. The smallest absolute Gasteiger partial charge is 0.0754 e. The molecule has 1 atom stereocenters. The van der Waals surface area contributed by atoms with E-state index in [2.05, 4.69) is 15.6 Å². The largest absolute Gasteiger partial charge is 0.385 e. The molecule has 0 bridgehead atoms. The molecule has 1 aromatic heterocycles. The fraction of sp³-hybridized carbons (Fsp3) is 0.750. The maximum Gasteiger partial charge on any atom is 0.0754 e. The maximum absolute atomic E-state index is 5.02. The Morgan fingerprint density at radius 1 is 1.69 bits per heavy atom. The average molecular weight is 184 g/mol. The number of methoxy groups -OCH3 is 1. The number of hydrogen-bond donors (Lipinski definition) is 1. The van der Waals surface area contributed by atoms with Crippen molar-refractivity contribution in [2.75, 3.05) is 20.8 Å². The molecule has 5 heteroatoms. The minimum absolute atomic E-state index is 0.264. The van der Waals surface area contributed by atoms with Gasteiger partial charge in [-0.1, -0.05) is 5.21 Å². The highest BCUT2D eigenvalue weighted by molar-refractivity contribution is 5.01. The van der Waals surface area contributed by atoms with Crippen molar-refractivity contribution in [2.45, 2.75) is 12.5 Å². The van der Waals surface area contributed by atoms with Crippen LogP contribution in [-0.2, 0) is 11.8 Å². The molecule has 1 aromatic rings. The van der Waals surface area contributed by atoms with Crippen LogP contribution in [0.25, 0.3) is 0 Å². The molecule has 1 rings (SSSR count). The first-order chi connectivity index (χ1) is 6.29. The minimum Gasteiger partial charge on any atom is -0.385 e. The van der Waals surface area contributed by atoms with Gasteiger partial charge in [0.25, 0.3) is 0 Å². The van der Waals surface area contributed by atoms with E-state index in [1.807, 2.05) is 14.1 Å². The van der Waals surface area contributed by atoms with E-state index in [0.717, 1.165) is 18.7 Å². The Balaban J connectivity index is 2.61. The third-order valence-corrected chi connectivity index (χ3v) is 2.07. The SMILES string of the molecule is CNC(CCOC)c1cnnn1C. The summed E-state index contributed by atoms with van der Waals surface area (Å²) >= 11 is 0. The van der Waals surface area contributed by atoms with Crippen molar-refractivity contribution < 1.29 is 4.74 Å². The van der Waals surface area contributed by atoms with Crippen molar-refractivity contribution in [1.82, 2.24) is 20.3 Å². The van der Waals surface area contributed by atoms with Crippen molar-refractivity contribution in [2.24, 2.45) is 7.05 Å². The van der Waals surface area contributed by atoms with Gasteiger partial charge in [0.1, 0.15) is 0 Å². The predicted molar refractivity (Wildman–Crippen MR) is 49.3 cm³/mol. The van der Waals surface area contributed by atoms with Gasteiger partial charge in [0.05, 0.1) is 17.9 Å². The van der Waals surface area contributed by atoms with Gasteiger partial charge in [-0.05, 0) is 13.5 Å². The Labute approximate surface area is 78.1 Å². The fourth-order valence-electron chi connectivity index (χ4n) is 1.29. The van der Waals surface area contributed by atoms with E-state index in [4.69, 9.17) is 4.74 Å². The van der Waals surface area contributed by atoms with Gasteiger partial charge < -0.3 is 10.1 Å². The molecule has 0 spiro atoms. The van der Waals surface area contributed by atoms with E-state index in [1.54, 1.807) is 18.0 Å². The van der Waals surface area contributed by atoms with Gasteiger partial charge in [0.2, 0.25) is 0 Å². The van der Waals surface area contributed by atoms with Crippen molar-refractivity contribution >= 4 is 0 Å². The zero-order valence-corrected chi connectivity index (χ0v) is 8.32. The van der Waals surface area contributed by atoms with E-state index in [-0.39, 0.29) is 6.04 Å². The van der Waals surface area contributed by atoms with Gasteiger partial charge in [0.15, 0.2) is 0 Å². The average Bonchev–Trinajstić information content (AvgIpc) is 2.54. The third kappa shape index (κ3) is 2.50. The second kappa shape index (κ2) is 4.94. The minimum atomic E-state index is 0.264. The van der Waals surface area contributed by atoms with E-state index in [1.165, 1.54) is 0 Å². The van der Waals surface area contributed by atoms with Crippen LogP contribution in [0, 0.1) is 0 Å². The van der Waals surface area contributed by atoms with Crippen molar-refractivity contribution in [3.8, 4) is 0 Å². The standard InChI is InChI=1S/C8H16N4O/c1-9-7(4-5-13-3)8-6-10-11-12(8)2/h6-7,9H,4-5H2,1-3H3. The van der Waals surface area contributed by atoms with Crippen molar-refractivity contribution in [3.63, 3.8) is 0 Å². The van der Waals surface area contributed by atoms with Gasteiger partial charge in [-0.15, -0.1) is 5.10 Å². The molecule has 5 nitrogen and oxygen atoms in total. The Morgan fingerprint density at radius 2 is 2.46 bits per heavy atom. The number of ether oxygens (including phenoxy) is 1. The van der Waals surface area contributed by atoms with Gasteiger partial charge >= 0.3 is 0 Å². The molecule has 0 radical (unpaired) electrons. The summed E-state index contributed by atoms with van der Waals surface area (Å²) in [6.45, 7) is 0.733. The third-order valence-electron chi connectivity index (χ3n) is 2.07. The molecular formula is C8H16N4O. The molecule has 0 aliphatic heterocycles. The lowest BCUT2D eigenvalue weighted by atomic mass is 10.1. The summed E-state index contributed by atoms with van der Waals surface area (Å²) < 4.78 is 6.80. The van der Waals surface area contributed by atoms with Gasteiger partial charge in [-0.3, -0.25) is 4.68 Å². The fourth-order valence-corrected chi connectivity index (χ4v) is 1.29. The summed E-state index contributed by atoms with van der Waals surface area (Å²) in [4.78, 5) is 0. The zero-order chi connectivity index (χ0) is 9.68. The van der Waals surface area contributed by atoms with Gasteiger partial charge in [-0.25, -0.2) is 0 Å². The molecule has 0 aliphatic carbocycles. The summed E-state index contributed by atoms with van der Waals surface area (Å²) in [6, 6.07) is 0.264. The Kier molecular flexibility index (Phi) is 3.85. The lowest BCUT2D eigenvalue weighted by molar-refractivity contribution is 0.183. The van der Waals surface area contributed by atoms with Crippen LogP contribution in [0.2, 0.25) is 0 Å². The molecule has 0 aliphatic rings. The molecule has 0 aromatic carbocycles. The van der Waals surface area contributed by atoms with Crippen LogP contribution in [-0.4, -0.2) is 35.8 Å². The van der Waals surface area contributed by atoms with Crippen LogP contribution in [0.4, 0.5) is 0 Å². The van der Waals surface area contributed by atoms with Crippen molar-refractivity contribution in [1.29, 1.82) is 0 Å². The summed E-state index contributed by atoms with van der Waals surface area (Å²) in [6.07, 6.45) is 2.70. The van der Waals surface area contributed by atoms with Crippen LogP contribution >= 0.6 is 0 Å².